The summed E-state index contributed by atoms with van der Waals surface area (Å²) in [6, 6.07) is 0.114. The van der Waals surface area contributed by atoms with Gasteiger partial charge in [-0.05, 0) is 20.3 Å². The van der Waals surface area contributed by atoms with E-state index < -0.39 is 4.92 Å². The van der Waals surface area contributed by atoms with Crippen molar-refractivity contribution in [1.82, 2.24) is 9.97 Å². The van der Waals surface area contributed by atoms with E-state index in [1.165, 1.54) is 6.20 Å². The van der Waals surface area contributed by atoms with E-state index in [-0.39, 0.29) is 11.7 Å². The van der Waals surface area contributed by atoms with E-state index in [4.69, 9.17) is 4.74 Å². The van der Waals surface area contributed by atoms with Crippen molar-refractivity contribution < 1.29 is 9.66 Å². The minimum absolute atomic E-state index is 0.0898. The number of methoxy groups -OCH3 is 1. The zero-order valence-electron chi connectivity index (χ0n) is 13.0. The molecular weight excluding hydrogens is 274 g/mol. The van der Waals surface area contributed by atoms with Gasteiger partial charge in [0.05, 0.1) is 11.5 Å². The molecular formula is C13H23N5O3. The lowest BCUT2D eigenvalue weighted by molar-refractivity contribution is -0.384. The maximum absolute atomic E-state index is 11.2. The SMILES string of the molecule is CCNc1ncc([N+](=O)[O-])c(N(CCOC)C(C)CC)n1. The first kappa shape index (κ1) is 17.1. The van der Waals surface area contributed by atoms with Crippen LogP contribution in [-0.2, 0) is 4.74 Å². The number of hydrogen-bond donors (Lipinski definition) is 1. The minimum Gasteiger partial charge on any atom is -0.383 e. The maximum Gasteiger partial charge on any atom is 0.329 e. The predicted molar refractivity (Wildman–Crippen MR) is 81.8 cm³/mol. The summed E-state index contributed by atoms with van der Waals surface area (Å²) in [5, 5.41) is 14.2. The van der Waals surface area contributed by atoms with Crippen LogP contribution in [0.25, 0.3) is 0 Å². The van der Waals surface area contributed by atoms with Gasteiger partial charge in [0, 0.05) is 26.2 Å². The molecule has 1 N–H and O–H groups in total. The largest absolute Gasteiger partial charge is 0.383 e. The highest BCUT2D eigenvalue weighted by atomic mass is 16.6. The Bertz CT molecular complexity index is 469. The van der Waals surface area contributed by atoms with Gasteiger partial charge in [-0.2, -0.15) is 4.98 Å². The number of aromatic nitrogens is 2. The number of ether oxygens (including phenoxy) is 1. The summed E-state index contributed by atoms with van der Waals surface area (Å²) in [5.74, 6) is 0.723. The second kappa shape index (κ2) is 8.35. The van der Waals surface area contributed by atoms with Gasteiger partial charge in [-0.3, -0.25) is 10.1 Å². The quantitative estimate of drug-likeness (QED) is 0.550. The highest BCUT2D eigenvalue weighted by Gasteiger charge is 2.25. The summed E-state index contributed by atoms with van der Waals surface area (Å²) in [7, 11) is 1.60. The molecule has 0 saturated carbocycles. The van der Waals surface area contributed by atoms with Crippen molar-refractivity contribution in [1.29, 1.82) is 0 Å². The van der Waals surface area contributed by atoms with Crippen molar-refractivity contribution in [3.8, 4) is 0 Å². The highest BCUT2D eigenvalue weighted by Crippen LogP contribution is 2.28. The summed E-state index contributed by atoms with van der Waals surface area (Å²) in [4.78, 5) is 21.0. The molecule has 1 unspecified atom stereocenters. The standard InChI is InChI=1S/C13H23N5O3/c1-5-10(3)17(7-8-21-4)12-11(18(19)20)9-15-13(16-12)14-6-2/h9-10H,5-8H2,1-4H3,(H,14,15,16). The Morgan fingerprint density at radius 2 is 2.24 bits per heavy atom. The van der Waals surface area contributed by atoms with Gasteiger partial charge in [0.1, 0.15) is 6.20 Å². The zero-order chi connectivity index (χ0) is 15.8. The molecule has 8 nitrogen and oxygen atoms in total. The summed E-state index contributed by atoms with van der Waals surface area (Å²) >= 11 is 0. The molecule has 21 heavy (non-hydrogen) atoms. The number of anilines is 2. The summed E-state index contributed by atoms with van der Waals surface area (Å²) in [6.45, 7) is 7.62. The molecule has 1 aromatic heterocycles. The first-order valence-corrected chi connectivity index (χ1v) is 7.05. The Kier molecular flexibility index (Phi) is 6.80. The molecule has 1 atom stereocenters. The first-order chi connectivity index (χ1) is 10.0. The van der Waals surface area contributed by atoms with Gasteiger partial charge in [0.2, 0.25) is 11.8 Å². The van der Waals surface area contributed by atoms with Crippen molar-refractivity contribution in [2.24, 2.45) is 0 Å². The van der Waals surface area contributed by atoms with Gasteiger partial charge in [-0.25, -0.2) is 4.98 Å². The van der Waals surface area contributed by atoms with Crippen LogP contribution in [0.4, 0.5) is 17.5 Å². The zero-order valence-corrected chi connectivity index (χ0v) is 13.0. The second-order valence-electron chi connectivity index (χ2n) is 4.63. The Balaban J connectivity index is 3.23. The van der Waals surface area contributed by atoms with Gasteiger partial charge in [-0.15, -0.1) is 0 Å². The van der Waals surface area contributed by atoms with E-state index >= 15 is 0 Å². The molecule has 1 rings (SSSR count). The van der Waals surface area contributed by atoms with Crippen molar-refractivity contribution >= 4 is 17.5 Å². The average Bonchev–Trinajstić information content (AvgIpc) is 2.47. The third-order valence-electron chi connectivity index (χ3n) is 3.21. The molecule has 118 valence electrons. The smallest absolute Gasteiger partial charge is 0.329 e. The second-order valence-corrected chi connectivity index (χ2v) is 4.63. The topological polar surface area (TPSA) is 93.4 Å². The Labute approximate surface area is 124 Å². The molecule has 0 bridgehead atoms. The molecule has 0 aliphatic rings. The van der Waals surface area contributed by atoms with Crippen LogP contribution < -0.4 is 10.2 Å². The van der Waals surface area contributed by atoms with E-state index in [2.05, 4.69) is 15.3 Å². The number of nitrogens with zero attached hydrogens (tertiary/aromatic N) is 4. The van der Waals surface area contributed by atoms with Crippen LogP contribution in [0.5, 0.6) is 0 Å². The van der Waals surface area contributed by atoms with Gasteiger partial charge in [-0.1, -0.05) is 6.92 Å². The monoisotopic (exact) mass is 297 g/mol. The van der Waals surface area contributed by atoms with E-state index in [0.29, 0.717) is 31.5 Å². The molecule has 0 aromatic carbocycles. The fraction of sp³-hybridized carbons (Fsp3) is 0.692. The van der Waals surface area contributed by atoms with E-state index in [9.17, 15) is 10.1 Å². The fourth-order valence-electron chi connectivity index (χ4n) is 1.89. The maximum atomic E-state index is 11.2. The van der Waals surface area contributed by atoms with E-state index in [1.54, 1.807) is 7.11 Å². The molecule has 0 radical (unpaired) electrons. The van der Waals surface area contributed by atoms with E-state index in [1.807, 2.05) is 25.7 Å². The Morgan fingerprint density at radius 3 is 2.76 bits per heavy atom. The third-order valence-corrected chi connectivity index (χ3v) is 3.21. The number of nitrogens with one attached hydrogen (secondary N) is 1. The van der Waals surface area contributed by atoms with Crippen LogP contribution in [0, 0.1) is 10.1 Å². The van der Waals surface area contributed by atoms with Crippen LogP contribution >= 0.6 is 0 Å². The van der Waals surface area contributed by atoms with Crippen LogP contribution in [0.15, 0.2) is 6.20 Å². The molecule has 0 spiro atoms. The van der Waals surface area contributed by atoms with Gasteiger partial charge in [0.25, 0.3) is 0 Å². The van der Waals surface area contributed by atoms with Gasteiger partial charge < -0.3 is 15.0 Å². The summed E-state index contributed by atoms with van der Waals surface area (Å²) in [6.07, 6.45) is 2.10. The Morgan fingerprint density at radius 1 is 1.52 bits per heavy atom. The lowest BCUT2D eigenvalue weighted by atomic mass is 10.2. The molecule has 0 saturated heterocycles. The van der Waals surface area contributed by atoms with Crippen molar-refractivity contribution in [2.75, 3.05) is 37.0 Å². The van der Waals surface area contributed by atoms with Crippen molar-refractivity contribution in [3.05, 3.63) is 16.3 Å². The lowest BCUT2D eigenvalue weighted by Crippen LogP contribution is -2.36. The highest BCUT2D eigenvalue weighted by molar-refractivity contribution is 5.59. The normalized spacial score (nSPS) is 12.0. The fourth-order valence-corrected chi connectivity index (χ4v) is 1.89. The first-order valence-electron chi connectivity index (χ1n) is 7.05. The van der Waals surface area contributed by atoms with Crippen LogP contribution in [0.1, 0.15) is 27.2 Å². The van der Waals surface area contributed by atoms with Crippen LogP contribution in [-0.4, -0.2) is 47.7 Å². The van der Waals surface area contributed by atoms with Gasteiger partial charge >= 0.3 is 5.69 Å². The molecule has 0 amide bonds. The minimum atomic E-state index is -0.451. The van der Waals surface area contributed by atoms with Gasteiger partial charge in [0.15, 0.2) is 0 Å². The number of nitro groups is 1. The van der Waals surface area contributed by atoms with Crippen molar-refractivity contribution in [3.63, 3.8) is 0 Å². The van der Waals surface area contributed by atoms with Crippen LogP contribution in [0.2, 0.25) is 0 Å². The molecule has 0 aliphatic heterocycles. The van der Waals surface area contributed by atoms with Crippen molar-refractivity contribution in [2.45, 2.75) is 33.2 Å². The van der Waals surface area contributed by atoms with Crippen LogP contribution in [0.3, 0.4) is 0 Å². The molecule has 8 heteroatoms. The molecule has 0 aliphatic carbocycles. The Hall–Kier alpha value is -1.96. The van der Waals surface area contributed by atoms with E-state index in [0.717, 1.165) is 6.42 Å². The molecule has 0 fully saturated rings. The predicted octanol–water partition coefficient (Wildman–Crippen LogP) is 2.07. The molecule has 1 heterocycles. The lowest BCUT2D eigenvalue weighted by Gasteiger charge is -2.29. The third kappa shape index (κ3) is 4.52. The molecule has 1 aromatic rings. The average molecular weight is 297 g/mol. The summed E-state index contributed by atoms with van der Waals surface area (Å²) in [5.41, 5.74) is -0.0898. The number of rotatable bonds is 9. The number of hydrogen-bond acceptors (Lipinski definition) is 7. The summed E-state index contributed by atoms with van der Waals surface area (Å²) < 4.78 is 5.10.